The van der Waals surface area contributed by atoms with Crippen molar-refractivity contribution in [3.63, 3.8) is 0 Å². The second-order valence-electron chi connectivity index (χ2n) is 7.30. The van der Waals surface area contributed by atoms with Crippen molar-refractivity contribution >= 4 is 34.3 Å². The minimum Gasteiger partial charge on any atom is -0.350 e. The van der Waals surface area contributed by atoms with Crippen LogP contribution in [-0.2, 0) is 22.7 Å². The van der Waals surface area contributed by atoms with Crippen LogP contribution in [0.3, 0.4) is 0 Å². The van der Waals surface area contributed by atoms with Gasteiger partial charge in [-0.15, -0.1) is 0 Å². The Morgan fingerprint density at radius 1 is 1.28 bits per heavy atom. The quantitative estimate of drug-likeness (QED) is 0.648. The van der Waals surface area contributed by atoms with E-state index in [1.807, 2.05) is 31.2 Å². The molecule has 1 N–H and O–H groups in total. The van der Waals surface area contributed by atoms with E-state index in [4.69, 9.17) is 11.6 Å². The maximum atomic E-state index is 13.0. The molecule has 0 atom stereocenters. The molecule has 0 unspecified atom stereocenters. The Balaban J connectivity index is 1.40. The van der Waals surface area contributed by atoms with Gasteiger partial charge in [-0.05, 0) is 37.5 Å². The lowest BCUT2D eigenvalue weighted by molar-refractivity contribution is -0.137. The van der Waals surface area contributed by atoms with Crippen molar-refractivity contribution < 1.29 is 9.59 Å². The first kappa shape index (κ1) is 19.4. The van der Waals surface area contributed by atoms with Gasteiger partial charge in [-0.25, -0.2) is 0 Å². The van der Waals surface area contributed by atoms with Gasteiger partial charge in [0.2, 0.25) is 11.8 Å². The predicted octanol–water partition coefficient (Wildman–Crippen LogP) is 2.70. The van der Waals surface area contributed by atoms with Crippen LogP contribution in [0, 0.1) is 6.92 Å². The van der Waals surface area contributed by atoms with Crippen LogP contribution in [0.2, 0.25) is 5.02 Å². The number of rotatable bonds is 7. The molecule has 1 aliphatic rings. The zero-order valence-electron chi connectivity index (χ0n) is 16.1. The standard InChI is InChI=1S/C21H22ClN5O2/c1-14-18-4-2-3-5-19(18)27(25-14)13-21(29)26(17-6-7-17)12-20(28)24-10-15-8-16(22)11-23-9-15/h2-5,8-9,11,17H,6-7,10,12-13H2,1H3,(H,24,28). The van der Waals surface area contributed by atoms with Crippen LogP contribution in [0.1, 0.15) is 24.1 Å². The van der Waals surface area contributed by atoms with Crippen molar-refractivity contribution in [2.45, 2.75) is 38.9 Å². The summed E-state index contributed by atoms with van der Waals surface area (Å²) in [5.41, 5.74) is 2.62. The molecular weight excluding hydrogens is 390 g/mol. The fourth-order valence-corrected chi connectivity index (χ4v) is 3.60. The van der Waals surface area contributed by atoms with Crippen molar-refractivity contribution in [2.24, 2.45) is 0 Å². The number of hydrogen-bond acceptors (Lipinski definition) is 4. The van der Waals surface area contributed by atoms with E-state index in [-0.39, 0.29) is 30.9 Å². The first-order chi connectivity index (χ1) is 14.0. The molecule has 1 aromatic carbocycles. The Morgan fingerprint density at radius 2 is 2.07 bits per heavy atom. The molecule has 0 radical (unpaired) electrons. The van der Waals surface area contributed by atoms with Crippen LogP contribution in [-0.4, -0.2) is 44.1 Å². The summed E-state index contributed by atoms with van der Waals surface area (Å²) >= 11 is 5.92. The lowest BCUT2D eigenvalue weighted by Crippen LogP contribution is -2.43. The SMILES string of the molecule is Cc1nn(CC(=O)N(CC(=O)NCc2cncc(Cl)c2)C2CC2)c2ccccc12. The van der Waals surface area contributed by atoms with E-state index >= 15 is 0 Å². The van der Waals surface area contributed by atoms with Crippen molar-refractivity contribution in [1.29, 1.82) is 0 Å². The first-order valence-corrected chi connectivity index (χ1v) is 9.97. The van der Waals surface area contributed by atoms with Crippen LogP contribution in [0.25, 0.3) is 10.9 Å². The molecule has 1 saturated carbocycles. The molecule has 0 spiro atoms. The van der Waals surface area contributed by atoms with E-state index in [0.717, 1.165) is 35.0 Å². The molecule has 0 bridgehead atoms. The molecule has 1 aliphatic carbocycles. The van der Waals surface area contributed by atoms with Gasteiger partial charge in [0.15, 0.2) is 0 Å². The van der Waals surface area contributed by atoms with Crippen molar-refractivity contribution in [3.8, 4) is 0 Å². The van der Waals surface area contributed by atoms with Gasteiger partial charge >= 0.3 is 0 Å². The minimum absolute atomic E-state index is 0.0374. The summed E-state index contributed by atoms with van der Waals surface area (Å²) in [5.74, 6) is -0.299. The zero-order valence-corrected chi connectivity index (χ0v) is 16.9. The van der Waals surface area contributed by atoms with E-state index < -0.39 is 0 Å². The van der Waals surface area contributed by atoms with Crippen molar-refractivity contribution in [3.05, 3.63) is 59.0 Å². The highest BCUT2D eigenvalue weighted by Gasteiger charge is 2.34. The largest absolute Gasteiger partial charge is 0.350 e. The molecule has 7 nitrogen and oxygen atoms in total. The topological polar surface area (TPSA) is 80.1 Å². The molecule has 8 heteroatoms. The van der Waals surface area contributed by atoms with Gasteiger partial charge in [0.05, 0.1) is 22.8 Å². The molecule has 29 heavy (non-hydrogen) atoms. The van der Waals surface area contributed by atoms with E-state index in [1.54, 1.807) is 28.0 Å². The number of carbonyl (C=O) groups excluding carboxylic acids is 2. The average molecular weight is 412 g/mol. The molecule has 2 aromatic heterocycles. The van der Waals surface area contributed by atoms with E-state index in [2.05, 4.69) is 15.4 Å². The van der Waals surface area contributed by atoms with Gasteiger partial charge in [0, 0.05) is 30.4 Å². The predicted molar refractivity (Wildman–Crippen MR) is 110 cm³/mol. The highest BCUT2D eigenvalue weighted by atomic mass is 35.5. The Morgan fingerprint density at radius 3 is 2.83 bits per heavy atom. The fourth-order valence-electron chi connectivity index (χ4n) is 3.40. The Labute approximate surface area is 173 Å². The summed E-state index contributed by atoms with van der Waals surface area (Å²) < 4.78 is 1.72. The number of hydrogen-bond donors (Lipinski definition) is 1. The number of halogens is 1. The third-order valence-electron chi connectivity index (χ3n) is 5.00. The summed E-state index contributed by atoms with van der Waals surface area (Å²) in [6.45, 7) is 2.41. The molecule has 3 aromatic rings. The lowest BCUT2D eigenvalue weighted by Gasteiger charge is -2.22. The number of aromatic nitrogens is 3. The maximum Gasteiger partial charge on any atom is 0.245 e. The summed E-state index contributed by atoms with van der Waals surface area (Å²) in [4.78, 5) is 31.1. The van der Waals surface area contributed by atoms with Gasteiger partial charge < -0.3 is 10.2 Å². The van der Waals surface area contributed by atoms with Crippen LogP contribution in [0.5, 0.6) is 0 Å². The molecule has 4 rings (SSSR count). The number of carbonyl (C=O) groups is 2. The summed E-state index contributed by atoms with van der Waals surface area (Å²) in [7, 11) is 0. The Kier molecular flexibility index (Phi) is 5.49. The number of nitrogens with zero attached hydrogens (tertiary/aromatic N) is 4. The highest BCUT2D eigenvalue weighted by Crippen LogP contribution is 2.27. The smallest absolute Gasteiger partial charge is 0.245 e. The van der Waals surface area contributed by atoms with Gasteiger partial charge in [-0.1, -0.05) is 29.8 Å². The third-order valence-corrected chi connectivity index (χ3v) is 5.21. The lowest BCUT2D eigenvalue weighted by atomic mass is 10.2. The second kappa shape index (κ2) is 8.21. The van der Waals surface area contributed by atoms with Gasteiger partial charge in [-0.3, -0.25) is 19.3 Å². The van der Waals surface area contributed by atoms with Crippen LogP contribution < -0.4 is 5.32 Å². The zero-order chi connectivity index (χ0) is 20.4. The van der Waals surface area contributed by atoms with Gasteiger partial charge in [-0.2, -0.15) is 5.10 Å². The molecule has 0 saturated heterocycles. The number of aryl methyl sites for hydroxylation is 1. The Hall–Kier alpha value is -2.93. The van der Waals surface area contributed by atoms with Crippen LogP contribution in [0.4, 0.5) is 0 Å². The number of fused-ring (bicyclic) bond motifs is 1. The van der Waals surface area contributed by atoms with Crippen LogP contribution in [0.15, 0.2) is 42.7 Å². The summed E-state index contributed by atoms with van der Waals surface area (Å²) in [5, 5.41) is 8.90. The van der Waals surface area contributed by atoms with E-state index in [1.165, 1.54) is 0 Å². The highest BCUT2D eigenvalue weighted by molar-refractivity contribution is 6.30. The molecule has 150 valence electrons. The number of benzene rings is 1. The number of pyridine rings is 1. The fraction of sp³-hybridized carbons (Fsp3) is 0.333. The molecule has 2 heterocycles. The normalized spacial score (nSPS) is 13.4. The maximum absolute atomic E-state index is 13.0. The number of amides is 2. The number of para-hydroxylation sites is 1. The summed E-state index contributed by atoms with van der Waals surface area (Å²) in [6, 6.07) is 9.72. The third kappa shape index (κ3) is 4.56. The molecule has 0 aliphatic heterocycles. The van der Waals surface area contributed by atoms with E-state index in [0.29, 0.717) is 11.6 Å². The van der Waals surface area contributed by atoms with Crippen LogP contribution >= 0.6 is 11.6 Å². The Bertz CT molecular complexity index is 1060. The average Bonchev–Trinajstić information content (AvgIpc) is 3.50. The summed E-state index contributed by atoms with van der Waals surface area (Å²) in [6.07, 6.45) is 5.05. The first-order valence-electron chi connectivity index (χ1n) is 9.59. The second-order valence-corrected chi connectivity index (χ2v) is 7.74. The van der Waals surface area contributed by atoms with Gasteiger partial charge in [0.25, 0.3) is 0 Å². The minimum atomic E-state index is -0.202. The van der Waals surface area contributed by atoms with Crippen molar-refractivity contribution in [1.82, 2.24) is 25.0 Å². The number of nitrogens with one attached hydrogen (secondary N) is 1. The monoisotopic (exact) mass is 411 g/mol. The van der Waals surface area contributed by atoms with Gasteiger partial charge in [0.1, 0.15) is 6.54 Å². The molecule has 2 amide bonds. The molecule has 1 fully saturated rings. The van der Waals surface area contributed by atoms with E-state index in [9.17, 15) is 9.59 Å². The molecular formula is C21H22ClN5O2. The van der Waals surface area contributed by atoms with Crippen molar-refractivity contribution in [2.75, 3.05) is 6.54 Å².